The highest BCUT2D eigenvalue weighted by atomic mass is 32.2. The molecule has 0 radical (unpaired) electrons. The molecule has 0 bridgehead atoms. The zero-order chi connectivity index (χ0) is 13.7. The first-order valence-corrected chi connectivity index (χ1v) is 7.66. The summed E-state index contributed by atoms with van der Waals surface area (Å²) in [7, 11) is 0. The van der Waals surface area contributed by atoms with Gasteiger partial charge >= 0.3 is 6.61 Å². The van der Waals surface area contributed by atoms with Crippen LogP contribution in [0.15, 0.2) is 24.3 Å². The molecule has 1 fully saturated rings. The predicted octanol–water partition coefficient (Wildman–Crippen LogP) is 3.69. The summed E-state index contributed by atoms with van der Waals surface area (Å²) in [6.45, 7) is 0.256. The molecule has 5 heteroatoms. The lowest BCUT2D eigenvalue weighted by Crippen LogP contribution is -2.25. The van der Waals surface area contributed by atoms with Gasteiger partial charge in [-0.2, -0.15) is 20.5 Å². The van der Waals surface area contributed by atoms with E-state index >= 15 is 0 Å². The van der Waals surface area contributed by atoms with Crippen molar-refractivity contribution in [3.8, 4) is 5.75 Å². The van der Waals surface area contributed by atoms with Crippen molar-refractivity contribution in [2.24, 2.45) is 5.92 Å². The Bertz CT molecular complexity index is 397. The van der Waals surface area contributed by atoms with Gasteiger partial charge in [0, 0.05) is 6.04 Å². The number of rotatable bonds is 6. The summed E-state index contributed by atoms with van der Waals surface area (Å²) >= 11 is 2.00. The van der Waals surface area contributed by atoms with Crippen LogP contribution in [0.4, 0.5) is 8.78 Å². The van der Waals surface area contributed by atoms with Crippen molar-refractivity contribution in [2.75, 3.05) is 18.1 Å². The van der Waals surface area contributed by atoms with Crippen molar-refractivity contribution >= 4 is 11.8 Å². The Morgan fingerprint density at radius 2 is 2.32 bits per heavy atom. The van der Waals surface area contributed by atoms with Gasteiger partial charge in [-0.1, -0.05) is 12.1 Å². The molecule has 2 unspecified atom stereocenters. The van der Waals surface area contributed by atoms with Gasteiger partial charge in [-0.25, -0.2) is 0 Å². The number of halogens is 2. The molecule has 1 aliphatic heterocycles. The molecular formula is C14H19F2NOS. The fraction of sp³-hybridized carbons (Fsp3) is 0.571. The number of thioether (sulfide) groups is 1. The molecule has 0 spiro atoms. The number of ether oxygens (including phenoxy) is 1. The normalized spacial score (nSPS) is 20.7. The molecule has 2 nitrogen and oxygen atoms in total. The molecule has 2 atom stereocenters. The van der Waals surface area contributed by atoms with Crippen LogP contribution in [0.5, 0.6) is 5.75 Å². The van der Waals surface area contributed by atoms with E-state index in [0.29, 0.717) is 0 Å². The van der Waals surface area contributed by atoms with Gasteiger partial charge < -0.3 is 10.1 Å². The number of nitrogens with one attached hydrogen (secondary N) is 1. The smallest absolute Gasteiger partial charge is 0.387 e. The zero-order valence-electron chi connectivity index (χ0n) is 10.9. The number of alkyl halides is 2. The lowest BCUT2D eigenvalue weighted by atomic mass is 10.1. The number of hydrogen-bond donors (Lipinski definition) is 1. The van der Waals surface area contributed by atoms with Gasteiger partial charge in [-0.3, -0.25) is 0 Å². The first-order valence-electron chi connectivity index (χ1n) is 6.51. The summed E-state index contributed by atoms with van der Waals surface area (Å²) in [4.78, 5) is 0. The largest absolute Gasteiger partial charge is 0.435 e. The SMILES string of the molecule is CC(NCC1CCSC1)c1cccc(OC(F)F)c1. The standard InChI is InChI=1S/C14H19F2NOS/c1-10(17-8-11-5-6-19-9-11)12-3-2-4-13(7-12)18-14(15)16/h2-4,7,10-11,14,17H,5-6,8-9H2,1H3. The lowest BCUT2D eigenvalue weighted by Gasteiger charge is -2.18. The predicted molar refractivity (Wildman–Crippen MR) is 74.9 cm³/mol. The molecule has 0 amide bonds. The van der Waals surface area contributed by atoms with Crippen LogP contribution in [0, 0.1) is 5.92 Å². The van der Waals surface area contributed by atoms with E-state index in [4.69, 9.17) is 0 Å². The molecule has 1 aromatic rings. The van der Waals surface area contributed by atoms with E-state index in [0.717, 1.165) is 18.0 Å². The number of benzene rings is 1. The third-order valence-corrected chi connectivity index (χ3v) is 4.55. The fourth-order valence-corrected chi connectivity index (χ4v) is 3.45. The first kappa shape index (κ1) is 14.6. The second-order valence-corrected chi connectivity index (χ2v) is 5.96. The van der Waals surface area contributed by atoms with Gasteiger partial charge in [0.2, 0.25) is 0 Å². The summed E-state index contributed by atoms with van der Waals surface area (Å²) in [5.41, 5.74) is 0.976. The van der Waals surface area contributed by atoms with Crippen LogP contribution >= 0.6 is 11.8 Å². The highest BCUT2D eigenvalue weighted by Crippen LogP contribution is 2.24. The van der Waals surface area contributed by atoms with Crippen molar-refractivity contribution in [1.29, 1.82) is 0 Å². The lowest BCUT2D eigenvalue weighted by molar-refractivity contribution is -0.0499. The molecule has 1 heterocycles. The molecular weight excluding hydrogens is 268 g/mol. The van der Waals surface area contributed by atoms with Crippen molar-refractivity contribution in [3.05, 3.63) is 29.8 Å². The van der Waals surface area contributed by atoms with Gasteiger partial charge in [-0.15, -0.1) is 0 Å². The van der Waals surface area contributed by atoms with E-state index in [1.165, 1.54) is 17.9 Å². The molecule has 1 N–H and O–H groups in total. The summed E-state index contributed by atoms with van der Waals surface area (Å²) in [5, 5.41) is 3.46. The van der Waals surface area contributed by atoms with E-state index in [9.17, 15) is 8.78 Å². The van der Waals surface area contributed by atoms with Gasteiger partial charge in [0.25, 0.3) is 0 Å². The van der Waals surface area contributed by atoms with E-state index < -0.39 is 6.61 Å². The molecule has 0 aromatic heterocycles. The quantitative estimate of drug-likeness (QED) is 0.862. The van der Waals surface area contributed by atoms with Crippen LogP contribution in [0.2, 0.25) is 0 Å². The highest BCUT2D eigenvalue weighted by molar-refractivity contribution is 7.99. The highest BCUT2D eigenvalue weighted by Gasteiger charge is 2.16. The van der Waals surface area contributed by atoms with Crippen LogP contribution in [0.1, 0.15) is 24.9 Å². The Balaban J connectivity index is 1.88. The molecule has 1 saturated heterocycles. The zero-order valence-corrected chi connectivity index (χ0v) is 11.8. The van der Waals surface area contributed by atoms with Crippen molar-refractivity contribution in [3.63, 3.8) is 0 Å². The summed E-state index contributed by atoms with van der Waals surface area (Å²) in [6, 6.07) is 7.05. The Morgan fingerprint density at radius 1 is 1.47 bits per heavy atom. The van der Waals surface area contributed by atoms with E-state index in [2.05, 4.69) is 10.1 Å². The van der Waals surface area contributed by atoms with Crippen LogP contribution in [0.3, 0.4) is 0 Å². The maximum Gasteiger partial charge on any atom is 0.387 e. The Kier molecular flexibility index (Phi) is 5.45. The van der Waals surface area contributed by atoms with E-state index in [-0.39, 0.29) is 11.8 Å². The van der Waals surface area contributed by atoms with Gasteiger partial charge in [0.15, 0.2) is 0 Å². The molecule has 1 aromatic carbocycles. The molecule has 19 heavy (non-hydrogen) atoms. The third-order valence-electron chi connectivity index (χ3n) is 3.32. The molecule has 106 valence electrons. The van der Waals surface area contributed by atoms with Crippen molar-refractivity contribution in [1.82, 2.24) is 5.32 Å². The molecule has 2 rings (SSSR count). The molecule has 1 aliphatic rings. The summed E-state index contributed by atoms with van der Waals surface area (Å²) in [5.74, 6) is 3.41. The van der Waals surface area contributed by atoms with E-state index in [1.54, 1.807) is 18.2 Å². The average Bonchev–Trinajstić information content (AvgIpc) is 2.88. The second kappa shape index (κ2) is 7.10. The minimum atomic E-state index is -2.77. The van der Waals surface area contributed by atoms with Gasteiger partial charge in [0.1, 0.15) is 5.75 Å². The minimum absolute atomic E-state index is 0.145. The second-order valence-electron chi connectivity index (χ2n) is 4.81. The fourth-order valence-electron chi connectivity index (χ4n) is 2.17. The monoisotopic (exact) mass is 287 g/mol. The van der Waals surface area contributed by atoms with Gasteiger partial charge in [-0.05, 0) is 55.0 Å². The van der Waals surface area contributed by atoms with Crippen LogP contribution in [0.25, 0.3) is 0 Å². The molecule has 0 saturated carbocycles. The first-order chi connectivity index (χ1) is 9.15. The van der Waals surface area contributed by atoms with Crippen LogP contribution in [-0.4, -0.2) is 24.7 Å². The van der Waals surface area contributed by atoms with Crippen molar-refractivity contribution < 1.29 is 13.5 Å². The number of hydrogen-bond acceptors (Lipinski definition) is 3. The topological polar surface area (TPSA) is 21.3 Å². The van der Waals surface area contributed by atoms with Crippen molar-refractivity contribution in [2.45, 2.75) is 26.0 Å². The van der Waals surface area contributed by atoms with Gasteiger partial charge in [0.05, 0.1) is 0 Å². The Morgan fingerprint density at radius 3 is 3.00 bits per heavy atom. The summed E-state index contributed by atoms with van der Waals surface area (Å²) in [6.07, 6.45) is 1.26. The minimum Gasteiger partial charge on any atom is -0.435 e. The maximum absolute atomic E-state index is 12.2. The van der Waals surface area contributed by atoms with Crippen LogP contribution in [-0.2, 0) is 0 Å². The van der Waals surface area contributed by atoms with E-state index in [1.807, 2.05) is 24.8 Å². The Hall–Kier alpha value is -0.810. The summed E-state index contributed by atoms with van der Waals surface area (Å²) < 4.78 is 28.7. The van der Waals surface area contributed by atoms with Crippen LogP contribution < -0.4 is 10.1 Å². The Labute approximate surface area is 116 Å². The average molecular weight is 287 g/mol. The third kappa shape index (κ3) is 4.66. The molecule has 0 aliphatic carbocycles. The maximum atomic E-state index is 12.2.